The molecule has 2 rings (SSSR count). The van der Waals surface area contributed by atoms with Gasteiger partial charge in [0.05, 0.1) is 0 Å². The van der Waals surface area contributed by atoms with Gasteiger partial charge >= 0.3 is 0 Å². The van der Waals surface area contributed by atoms with E-state index in [-0.39, 0.29) is 17.5 Å². The molecule has 1 aliphatic rings. The lowest BCUT2D eigenvalue weighted by molar-refractivity contribution is -0.118. The van der Waals surface area contributed by atoms with Crippen molar-refractivity contribution in [2.75, 3.05) is 13.1 Å². The van der Waals surface area contributed by atoms with Crippen LogP contribution in [0.1, 0.15) is 18.4 Å². The van der Waals surface area contributed by atoms with Crippen LogP contribution in [0, 0.1) is 5.92 Å². The third-order valence-electron chi connectivity index (χ3n) is 2.98. The molecule has 1 aliphatic heterocycles. The van der Waals surface area contributed by atoms with Crippen LogP contribution in [-0.2, 0) is 4.79 Å². The monoisotopic (exact) mass is 232 g/mol. The fourth-order valence-electron chi connectivity index (χ4n) is 1.96. The number of nitrogens with one attached hydrogen (secondary N) is 1. The summed E-state index contributed by atoms with van der Waals surface area (Å²) in [5.41, 5.74) is 0.579. The number of pyridine rings is 1. The highest BCUT2D eigenvalue weighted by Gasteiger charge is 2.19. The standard InChI is InChI=1S/C13H16N2O2/c16-12(10-3-6-14-7-4-10)8-13(17)11-2-1-5-15-9-11/h1-2,5,8-10,14,17H,3-4,6-7H2. The third-order valence-corrected chi connectivity index (χ3v) is 2.98. The first-order valence-electron chi connectivity index (χ1n) is 5.83. The smallest absolute Gasteiger partial charge is 0.162 e. The third kappa shape index (κ3) is 3.14. The molecule has 0 atom stereocenters. The molecule has 2 heterocycles. The lowest BCUT2D eigenvalue weighted by Crippen LogP contribution is -2.31. The zero-order chi connectivity index (χ0) is 12.1. The molecule has 1 aromatic heterocycles. The number of allylic oxidation sites excluding steroid dienone is 1. The fourth-order valence-corrected chi connectivity index (χ4v) is 1.96. The van der Waals surface area contributed by atoms with Crippen molar-refractivity contribution in [2.45, 2.75) is 12.8 Å². The Morgan fingerprint density at radius 1 is 1.47 bits per heavy atom. The van der Waals surface area contributed by atoms with Crippen LogP contribution in [0.2, 0.25) is 0 Å². The summed E-state index contributed by atoms with van der Waals surface area (Å²) in [6.45, 7) is 1.75. The Bertz CT molecular complexity index is 409. The van der Waals surface area contributed by atoms with E-state index in [0.717, 1.165) is 25.9 Å². The van der Waals surface area contributed by atoms with Gasteiger partial charge in [0.25, 0.3) is 0 Å². The summed E-state index contributed by atoms with van der Waals surface area (Å²) in [6.07, 6.45) is 6.19. The predicted octanol–water partition coefficient (Wildman–Crippen LogP) is 1.55. The lowest BCUT2D eigenvalue weighted by Gasteiger charge is -2.20. The average Bonchev–Trinajstić information content (AvgIpc) is 2.40. The van der Waals surface area contributed by atoms with Gasteiger partial charge in [-0.3, -0.25) is 9.78 Å². The molecule has 0 radical (unpaired) electrons. The number of piperidine rings is 1. The lowest BCUT2D eigenvalue weighted by atomic mass is 9.93. The highest BCUT2D eigenvalue weighted by molar-refractivity contribution is 5.96. The van der Waals surface area contributed by atoms with Crippen LogP contribution in [0.5, 0.6) is 0 Å². The van der Waals surface area contributed by atoms with E-state index in [1.807, 2.05) is 0 Å². The Hall–Kier alpha value is -1.68. The average molecular weight is 232 g/mol. The first-order chi connectivity index (χ1) is 8.27. The molecule has 1 saturated heterocycles. The van der Waals surface area contributed by atoms with Crippen LogP contribution < -0.4 is 5.32 Å². The molecule has 1 fully saturated rings. The van der Waals surface area contributed by atoms with Gasteiger partial charge in [-0.05, 0) is 38.1 Å². The van der Waals surface area contributed by atoms with Crippen molar-refractivity contribution in [1.29, 1.82) is 0 Å². The van der Waals surface area contributed by atoms with Crippen LogP contribution in [0.15, 0.2) is 30.6 Å². The van der Waals surface area contributed by atoms with Gasteiger partial charge in [0.1, 0.15) is 5.76 Å². The molecule has 17 heavy (non-hydrogen) atoms. The molecular weight excluding hydrogens is 216 g/mol. The molecule has 0 spiro atoms. The zero-order valence-electron chi connectivity index (χ0n) is 9.60. The van der Waals surface area contributed by atoms with Crippen molar-refractivity contribution in [1.82, 2.24) is 10.3 Å². The van der Waals surface area contributed by atoms with Gasteiger partial charge in [0, 0.05) is 30.0 Å². The second-order valence-corrected chi connectivity index (χ2v) is 4.20. The number of aliphatic hydroxyl groups excluding tert-OH is 1. The summed E-state index contributed by atoms with van der Waals surface area (Å²) < 4.78 is 0. The molecule has 4 heteroatoms. The molecule has 0 aliphatic carbocycles. The summed E-state index contributed by atoms with van der Waals surface area (Å²) in [5.74, 6) is 0.0459. The Morgan fingerprint density at radius 2 is 2.24 bits per heavy atom. The van der Waals surface area contributed by atoms with Gasteiger partial charge in [-0.25, -0.2) is 0 Å². The Labute approximate surface area is 100 Å². The van der Waals surface area contributed by atoms with Gasteiger partial charge in [0.15, 0.2) is 5.78 Å². The molecule has 0 saturated carbocycles. The fraction of sp³-hybridized carbons (Fsp3) is 0.385. The molecule has 0 unspecified atom stereocenters. The van der Waals surface area contributed by atoms with E-state index >= 15 is 0 Å². The van der Waals surface area contributed by atoms with E-state index < -0.39 is 0 Å². The molecule has 4 nitrogen and oxygen atoms in total. The van der Waals surface area contributed by atoms with Crippen LogP contribution in [0.3, 0.4) is 0 Å². The topological polar surface area (TPSA) is 62.2 Å². The number of hydrogen-bond acceptors (Lipinski definition) is 4. The zero-order valence-corrected chi connectivity index (χ0v) is 9.60. The molecular formula is C13H16N2O2. The van der Waals surface area contributed by atoms with Gasteiger partial charge in [-0.1, -0.05) is 0 Å². The van der Waals surface area contributed by atoms with E-state index in [4.69, 9.17) is 0 Å². The highest BCUT2D eigenvalue weighted by Crippen LogP contribution is 2.16. The molecule has 0 aromatic carbocycles. The van der Waals surface area contributed by atoms with Gasteiger partial charge in [-0.2, -0.15) is 0 Å². The Kier molecular flexibility index (Phi) is 3.88. The Balaban J connectivity index is 2.05. The molecule has 2 N–H and O–H groups in total. The maximum Gasteiger partial charge on any atom is 0.162 e. The molecule has 1 aromatic rings. The number of hydrogen-bond donors (Lipinski definition) is 2. The van der Waals surface area contributed by atoms with Crippen LogP contribution >= 0.6 is 0 Å². The van der Waals surface area contributed by atoms with Crippen molar-refractivity contribution < 1.29 is 9.90 Å². The SMILES string of the molecule is O=C(C=C(O)c1cccnc1)C1CCNCC1. The quantitative estimate of drug-likeness (QED) is 0.613. The van der Waals surface area contributed by atoms with Crippen molar-refractivity contribution in [2.24, 2.45) is 5.92 Å². The van der Waals surface area contributed by atoms with E-state index in [1.54, 1.807) is 24.5 Å². The van der Waals surface area contributed by atoms with Gasteiger partial charge < -0.3 is 10.4 Å². The highest BCUT2D eigenvalue weighted by atomic mass is 16.3. The van der Waals surface area contributed by atoms with Gasteiger partial charge in [0.2, 0.25) is 0 Å². The van der Waals surface area contributed by atoms with Crippen molar-refractivity contribution in [3.63, 3.8) is 0 Å². The summed E-state index contributed by atoms with van der Waals surface area (Å²) in [4.78, 5) is 15.8. The molecule has 0 amide bonds. The van der Waals surface area contributed by atoms with Crippen LogP contribution in [0.4, 0.5) is 0 Å². The first kappa shape index (κ1) is 11.8. The number of nitrogens with zero attached hydrogens (tertiary/aromatic N) is 1. The second kappa shape index (κ2) is 5.59. The minimum absolute atomic E-state index is 0.00151. The summed E-state index contributed by atoms with van der Waals surface area (Å²) in [5, 5.41) is 13.0. The summed E-state index contributed by atoms with van der Waals surface area (Å²) >= 11 is 0. The van der Waals surface area contributed by atoms with Crippen molar-refractivity contribution in [3.8, 4) is 0 Å². The second-order valence-electron chi connectivity index (χ2n) is 4.20. The number of aromatic nitrogens is 1. The molecule has 0 bridgehead atoms. The summed E-state index contributed by atoms with van der Waals surface area (Å²) in [7, 11) is 0. The predicted molar refractivity (Wildman–Crippen MR) is 65.4 cm³/mol. The van der Waals surface area contributed by atoms with Crippen LogP contribution in [0.25, 0.3) is 5.76 Å². The number of aliphatic hydroxyl groups is 1. The maximum atomic E-state index is 11.9. The van der Waals surface area contributed by atoms with E-state index in [9.17, 15) is 9.90 Å². The van der Waals surface area contributed by atoms with Gasteiger partial charge in [-0.15, -0.1) is 0 Å². The van der Waals surface area contributed by atoms with Crippen LogP contribution in [-0.4, -0.2) is 29.0 Å². The maximum absolute atomic E-state index is 11.9. The number of rotatable bonds is 3. The van der Waals surface area contributed by atoms with E-state index in [2.05, 4.69) is 10.3 Å². The summed E-state index contributed by atoms with van der Waals surface area (Å²) in [6, 6.07) is 3.46. The number of carbonyl (C=O) groups is 1. The van der Waals surface area contributed by atoms with Crippen molar-refractivity contribution in [3.05, 3.63) is 36.2 Å². The van der Waals surface area contributed by atoms with Crippen molar-refractivity contribution >= 4 is 11.5 Å². The van der Waals surface area contributed by atoms with E-state index in [1.165, 1.54) is 6.08 Å². The first-order valence-corrected chi connectivity index (χ1v) is 5.83. The number of ketones is 1. The normalized spacial score (nSPS) is 18.0. The molecule has 90 valence electrons. The minimum Gasteiger partial charge on any atom is -0.507 e. The minimum atomic E-state index is 0.00151. The largest absolute Gasteiger partial charge is 0.507 e. The van der Waals surface area contributed by atoms with E-state index in [0.29, 0.717) is 5.56 Å². The number of carbonyl (C=O) groups excluding carboxylic acids is 1. The Morgan fingerprint density at radius 3 is 2.88 bits per heavy atom.